The van der Waals surface area contributed by atoms with Crippen LogP contribution < -0.4 is 15.4 Å². The minimum atomic E-state index is -0.0914. The number of nitrogens with one attached hydrogen (secondary N) is 3. The van der Waals surface area contributed by atoms with Crippen LogP contribution in [0.5, 0.6) is 5.88 Å². The van der Waals surface area contributed by atoms with Gasteiger partial charge in [-0.25, -0.2) is 4.98 Å². The Labute approximate surface area is 204 Å². The van der Waals surface area contributed by atoms with Gasteiger partial charge in [0.15, 0.2) is 5.88 Å². The maximum absolute atomic E-state index is 11.8. The molecule has 2 aromatic heterocycles. The molecule has 1 aliphatic carbocycles. The molecule has 0 bridgehead atoms. The van der Waals surface area contributed by atoms with Gasteiger partial charge >= 0.3 is 0 Å². The molecule has 2 unspecified atom stereocenters. The molecule has 0 saturated carbocycles. The van der Waals surface area contributed by atoms with E-state index >= 15 is 0 Å². The summed E-state index contributed by atoms with van der Waals surface area (Å²) in [5.74, 6) is 1.44. The molecular formula is C26H32N4O5. The van der Waals surface area contributed by atoms with Crippen LogP contribution in [0.1, 0.15) is 32.9 Å². The first-order chi connectivity index (χ1) is 16.9. The molecule has 3 N–H and O–H groups in total. The molecule has 0 fully saturated rings. The molecule has 0 saturated heterocycles. The molecule has 2 atom stereocenters. The van der Waals surface area contributed by atoms with Crippen LogP contribution in [-0.4, -0.2) is 47.6 Å². The van der Waals surface area contributed by atoms with Crippen molar-refractivity contribution in [1.29, 1.82) is 0 Å². The van der Waals surface area contributed by atoms with Crippen molar-refractivity contribution < 1.29 is 23.8 Å². The topological polar surface area (TPSA) is 115 Å². The molecule has 186 valence electrons. The van der Waals surface area contributed by atoms with E-state index in [4.69, 9.17) is 14.2 Å². The Morgan fingerprint density at radius 1 is 1.20 bits per heavy atom. The van der Waals surface area contributed by atoms with E-state index in [1.165, 1.54) is 6.92 Å². The van der Waals surface area contributed by atoms with E-state index in [2.05, 4.69) is 26.7 Å². The quantitative estimate of drug-likeness (QED) is 0.426. The fourth-order valence-electron chi connectivity index (χ4n) is 3.91. The zero-order valence-electron chi connectivity index (χ0n) is 20.3. The van der Waals surface area contributed by atoms with E-state index < -0.39 is 0 Å². The number of carbonyl (C=O) groups excluding carboxylic acids is 2. The monoisotopic (exact) mass is 480 g/mol. The van der Waals surface area contributed by atoms with Crippen LogP contribution in [0.25, 0.3) is 11.0 Å². The van der Waals surface area contributed by atoms with Gasteiger partial charge in [0.2, 0.25) is 11.8 Å². The Kier molecular flexibility index (Phi) is 7.74. The van der Waals surface area contributed by atoms with Gasteiger partial charge in [-0.3, -0.25) is 9.59 Å². The smallest absolute Gasteiger partial charge is 0.222 e. The number of carbonyl (C=O) groups is 2. The number of fused-ring (bicyclic) bond motifs is 2. The molecule has 35 heavy (non-hydrogen) atoms. The number of hydrogen-bond donors (Lipinski definition) is 3. The number of pyridine rings is 1. The fourth-order valence-corrected chi connectivity index (χ4v) is 3.91. The van der Waals surface area contributed by atoms with Crippen LogP contribution >= 0.6 is 0 Å². The molecule has 2 aromatic rings. The maximum Gasteiger partial charge on any atom is 0.222 e. The van der Waals surface area contributed by atoms with Gasteiger partial charge in [0.05, 0.1) is 29.5 Å². The first-order valence-corrected chi connectivity index (χ1v) is 11.9. The van der Waals surface area contributed by atoms with Crippen molar-refractivity contribution in [3.8, 4) is 5.88 Å². The summed E-state index contributed by atoms with van der Waals surface area (Å²) in [5, 5.41) is 5.69. The van der Waals surface area contributed by atoms with Crippen molar-refractivity contribution in [3.05, 3.63) is 59.7 Å². The fraction of sp³-hybridized carbons (Fsp3) is 0.423. The zero-order valence-corrected chi connectivity index (χ0v) is 20.3. The van der Waals surface area contributed by atoms with Crippen molar-refractivity contribution in [2.24, 2.45) is 11.8 Å². The van der Waals surface area contributed by atoms with E-state index in [1.807, 2.05) is 44.2 Å². The summed E-state index contributed by atoms with van der Waals surface area (Å²) < 4.78 is 17.5. The number of hydrogen-bond acceptors (Lipinski definition) is 6. The van der Waals surface area contributed by atoms with Gasteiger partial charge in [-0.1, -0.05) is 13.8 Å². The van der Waals surface area contributed by atoms with E-state index in [1.54, 1.807) is 6.26 Å². The van der Waals surface area contributed by atoms with E-state index in [9.17, 15) is 9.59 Å². The Morgan fingerprint density at radius 3 is 2.83 bits per heavy atom. The third kappa shape index (κ3) is 6.44. The Morgan fingerprint density at radius 2 is 2.03 bits per heavy atom. The second-order valence-corrected chi connectivity index (χ2v) is 8.92. The summed E-state index contributed by atoms with van der Waals surface area (Å²) in [6, 6.07) is 5.62. The number of ether oxygens (including phenoxy) is 3. The predicted octanol–water partition coefficient (Wildman–Crippen LogP) is 3.11. The number of rotatable bonds is 11. The third-order valence-electron chi connectivity index (χ3n) is 5.83. The number of nitrogens with zero attached hydrogens (tertiary/aromatic N) is 1. The summed E-state index contributed by atoms with van der Waals surface area (Å²) >= 11 is 0. The minimum absolute atomic E-state index is 0.0237. The van der Waals surface area contributed by atoms with Crippen LogP contribution in [0.15, 0.2) is 54.0 Å². The van der Waals surface area contributed by atoms with Crippen molar-refractivity contribution in [2.45, 2.75) is 39.8 Å². The molecule has 2 amide bonds. The number of aromatic nitrogens is 2. The highest BCUT2D eigenvalue weighted by Gasteiger charge is 2.30. The highest BCUT2D eigenvalue weighted by atomic mass is 16.5. The maximum atomic E-state index is 11.8. The van der Waals surface area contributed by atoms with Gasteiger partial charge in [-0.2, -0.15) is 0 Å². The number of allylic oxidation sites excluding steroid dienone is 1. The van der Waals surface area contributed by atoms with E-state index in [-0.39, 0.29) is 29.8 Å². The number of amides is 2. The average molecular weight is 481 g/mol. The van der Waals surface area contributed by atoms with Crippen LogP contribution in [0, 0.1) is 11.8 Å². The minimum Gasteiger partial charge on any atom is -0.493 e. The van der Waals surface area contributed by atoms with Crippen LogP contribution in [0.2, 0.25) is 0 Å². The van der Waals surface area contributed by atoms with Crippen LogP contribution in [-0.2, 0) is 25.6 Å². The summed E-state index contributed by atoms with van der Waals surface area (Å²) in [4.78, 5) is 30.6. The summed E-state index contributed by atoms with van der Waals surface area (Å²) in [6.07, 6.45) is 8.50. The summed E-state index contributed by atoms with van der Waals surface area (Å²) in [6.45, 7) is 6.97. The lowest BCUT2D eigenvalue weighted by Gasteiger charge is -2.21. The van der Waals surface area contributed by atoms with E-state index in [0.29, 0.717) is 32.2 Å². The third-order valence-corrected chi connectivity index (χ3v) is 5.83. The van der Waals surface area contributed by atoms with Gasteiger partial charge in [0.1, 0.15) is 25.1 Å². The summed E-state index contributed by atoms with van der Waals surface area (Å²) in [5.41, 5.74) is 3.56. The van der Waals surface area contributed by atoms with Gasteiger partial charge in [-0.15, -0.1) is 0 Å². The molecule has 2 aliphatic rings. The van der Waals surface area contributed by atoms with Crippen LogP contribution in [0.4, 0.5) is 0 Å². The number of aromatic amines is 1. The lowest BCUT2D eigenvalue weighted by atomic mass is 9.90. The van der Waals surface area contributed by atoms with Gasteiger partial charge in [-0.05, 0) is 42.4 Å². The van der Waals surface area contributed by atoms with Crippen molar-refractivity contribution in [2.75, 3.05) is 19.8 Å². The zero-order chi connectivity index (χ0) is 24.8. The first-order valence-electron chi connectivity index (χ1n) is 11.9. The highest BCUT2D eigenvalue weighted by molar-refractivity contribution is 5.78. The molecule has 4 rings (SSSR count). The number of H-pyrrole nitrogens is 1. The van der Waals surface area contributed by atoms with Crippen LogP contribution in [0.3, 0.4) is 0 Å². The Balaban J connectivity index is 1.23. The van der Waals surface area contributed by atoms with Crippen molar-refractivity contribution >= 4 is 22.8 Å². The molecule has 0 aromatic carbocycles. The largest absolute Gasteiger partial charge is 0.493 e. The van der Waals surface area contributed by atoms with Crippen molar-refractivity contribution in [3.63, 3.8) is 0 Å². The normalized spacial score (nSPS) is 18.5. The van der Waals surface area contributed by atoms with Gasteiger partial charge in [0.25, 0.3) is 0 Å². The lowest BCUT2D eigenvalue weighted by molar-refractivity contribution is -0.124. The molecular weight excluding hydrogens is 448 g/mol. The van der Waals surface area contributed by atoms with Gasteiger partial charge < -0.3 is 29.8 Å². The van der Waals surface area contributed by atoms with Gasteiger partial charge in [0, 0.05) is 31.4 Å². The molecule has 0 spiro atoms. The summed E-state index contributed by atoms with van der Waals surface area (Å²) in [7, 11) is 0. The average Bonchev–Trinajstić information content (AvgIpc) is 3.43. The highest BCUT2D eigenvalue weighted by Crippen LogP contribution is 2.34. The molecule has 3 heterocycles. The Hall–Kier alpha value is -3.75. The molecule has 9 heteroatoms. The first kappa shape index (κ1) is 24.4. The molecule has 1 aliphatic heterocycles. The van der Waals surface area contributed by atoms with E-state index in [0.717, 1.165) is 34.5 Å². The standard InChI is InChI=1S/C26H32N4O5/c1-16(2)26(32)27-9-8-18-15-35-24-7-5-20(12-21(18)24)33-10-11-34-25-13-23-22(30-25)6-4-19(29-23)14-28-17(3)31/h4-7,12-13,15-16,21,24,30H,8-11,14H2,1-3H3,(H,27,32)(H,28,31). The molecule has 0 radical (unpaired) electrons. The molecule has 9 nitrogen and oxygen atoms in total. The Bertz CT molecular complexity index is 1160. The second kappa shape index (κ2) is 11.1. The lowest BCUT2D eigenvalue weighted by Crippen LogP contribution is -2.29. The van der Waals surface area contributed by atoms with Crippen molar-refractivity contribution in [1.82, 2.24) is 20.6 Å². The predicted molar refractivity (Wildman–Crippen MR) is 131 cm³/mol. The SMILES string of the molecule is CC(=O)NCc1ccc2[nH]c(OCCOC3=CC4C(CCNC(=O)C(C)C)=COC4C=C3)cc2n1. The second-order valence-electron chi connectivity index (χ2n) is 8.92.